The minimum Gasteiger partial charge on any atom is -0.423 e. The van der Waals surface area contributed by atoms with Gasteiger partial charge in [0.15, 0.2) is 0 Å². The molecule has 1 aliphatic rings. The maximum absolute atomic E-state index is 12.4. The fourth-order valence-electron chi connectivity index (χ4n) is 4.37. The number of hydrogen-bond donors (Lipinski definition) is 1. The SMILES string of the molecule is CCN(Cc1nc2ccccc2c(=O)[nH]1)Cc1cc(=O)oc2cc3c(cc12)CCC3. The number of benzene rings is 2. The zero-order valence-electron chi connectivity index (χ0n) is 16.9. The van der Waals surface area contributed by atoms with Crippen LogP contribution in [0.4, 0.5) is 0 Å². The van der Waals surface area contributed by atoms with Crippen molar-refractivity contribution in [2.24, 2.45) is 0 Å². The lowest BCUT2D eigenvalue weighted by atomic mass is 10.0. The second-order valence-corrected chi connectivity index (χ2v) is 7.89. The van der Waals surface area contributed by atoms with Crippen molar-refractivity contribution in [2.45, 2.75) is 39.3 Å². The van der Waals surface area contributed by atoms with E-state index in [1.54, 1.807) is 12.1 Å². The second-order valence-electron chi connectivity index (χ2n) is 7.89. The first-order chi connectivity index (χ1) is 14.6. The zero-order valence-corrected chi connectivity index (χ0v) is 16.9. The van der Waals surface area contributed by atoms with Crippen LogP contribution in [-0.2, 0) is 25.9 Å². The fourth-order valence-corrected chi connectivity index (χ4v) is 4.37. The molecule has 0 fully saturated rings. The Balaban J connectivity index is 1.49. The third kappa shape index (κ3) is 3.44. The number of H-pyrrole nitrogens is 1. The average molecular weight is 401 g/mol. The van der Waals surface area contributed by atoms with Crippen molar-refractivity contribution in [2.75, 3.05) is 6.54 Å². The maximum atomic E-state index is 12.4. The van der Waals surface area contributed by atoms with Crippen LogP contribution in [0.2, 0.25) is 0 Å². The van der Waals surface area contributed by atoms with Gasteiger partial charge in [-0.2, -0.15) is 0 Å². The molecule has 6 heteroatoms. The summed E-state index contributed by atoms with van der Waals surface area (Å²) in [4.78, 5) is 34.2. The maximum Gasteiger partial charge on any atom is 0.336 e. The molecule has 1 N–H and O–H groups in total. The second kappa shape index (κ2) is 7.54. The molecule has 0 radical (unpaired) electrons. The third-order valence-corrected chi connectivity index (χ3v) is 5.92. The van der Waals surface area contributed by atoms with E-state index < -0.39 is 0 Å². The smallest absolute Gasteiger partial charge is 0.336 e. The Hall–Kier alpha value is -3.25. The van der Waals surface area contributed by atoms with Gasteiger partial charge in [-0.3, -0.25) is 9.69 Å². The van der Waals surface area contributed by atoms with Crippen LogP contribution < -0.4 is 11.2 Å². The Morgan fingerprint density at radius 3 is 2.67 bits per heavy atom. The molecule has 4 aromatic rings. The van der Waals surface area contributed by atoms with E-state index in [1.807, 2.05) is 24.3 Å². The Bertz CT molecular complexity index is 1370. The van der Waals surface area contributed by atoms with Crippen molar-refractivity contribution in [3.63, 3.8) is 0 Å². The first kappa shape index (κ1) is 18.8. The summed E-state index contributed by atoms with van der Waals surface area (Å²) in [5, 5.41) is 1.58. The van der Waals surface area contributed by atoms with E-state index in [2.05, 4.69) is 27.9 Å². The number of hydrogen-bond acceptors (Lipinski definition) is 5. The highest BCUT2D eigenvalue weighted by atomic mass is 16.4. The molecule has 0 aliphatic heterocycles. The lowest BCUT2D eigenvalue weighted by molar-refractivity contribution is 0.265. The summed E-state index contributed by atoms with van der Waals surface area (Å²) in [6, 6.07) is 13.1. The van der Waals surface area contributed by atoms with Crippen LogP contribution in [0.3, 0.4) is 0 Å². The summed E-state index contributed by atoms with van der Waals surface area (Å²) in [6.07, 6.45) is 3.26. The van der Waals surface area contributed by atoms with Gasteiger partial charge in [0.05, 0.1) is 17.4 Å². The molecule has 30 heavy (non-hydrogen) atoms. The summed E-state index contributed by atoms with van der Waals surface area (Å²) in [7, 11) is 0. The lowest BCUT2D eigenvalue weighted by Crippen LogP contribution is -2.26. The molecular formula is C24H23N3O3. The van der Waals surface area contributed by atoms with Crippen LogP contribution in [0.15, 0.2) is 56.5 Å². The van der Waals surface area contributed by atoms with Gasteiger partial charge in [0.2, 0.25) is 0 Å². The number of rotatable bonds is 5. The van der Waals surface area contributed by atoms with E-state index in [0.717, 1.165) is 36.8 Å². The standard InChI is InChI=1S/C24H23N3O3/c1-2-27(14-22-25-20-9-4-3-8-18(20)24(29)26-22)13-17-12-23(28)30-21-11-16-7-5-6-15(16)10-19(17)21/h3-4,8-12H,2,5-7,13-14H2,1H3,(H,25,26,29). The highest BCUT2D eigenvalue weighted by Crippen LogP contribution is 2.29. The summed E-state index contributed by atoms with van der Waals surface area (Å²) in [6.45, 7) is 3.88. The number of nitrogens with zero attached hydrogens (tertiary/aromatic N) is 2. The van der Waals surface area contributed by atoms with Crippen LogP contribution in [0.5, 0.6) is 0 Å². The molecule has 152 valence electrons. The summed E-state index contributed by atoms with van der Waals surface area (Å²) >= 11 is 0. The largest absolute Gasteiger partial charge is 0.423 e. The van der Waals surface area contributed by atoms with Crippen molar-refractivity contribution in [1.82, 2.24) is 14.9 Å². The minimum atomic E-state index is -0.330. The van der Waals surface area contributed by atoms with E-state index in [4.69, 9.17) is 4.42 Å². The predicted octanol–water partition coefficient (Wildman–Crippen LogP) is 3.54. The first-order valence-electron chi connectivity index (χ1n) is 10.4. The molecule has 0 unspecified atom stereocenters. The van der Waals surface area contributed by atoms with Crippen molar-refractivity contribution in [3.8, 4) is 0 Å². The van der Waals surface area contributed by atoms with E-state index in [9.17, 15) is 9.59 Å². The molecule has 5 rings (SSSR count). The lowest BCUT2D eigenvalue weighted by Gasteiger charge is -2.21. The molecule has 2 aromatic heterocycles. The van der Waals surface area contributed by atoms with Gasteiger partial charge in [-0.05, 0) is 66.8 Å². The van der Waals surface area contributed by atoms with Crippen molar-refractivity contribution < 1.29 is 4.42 Å². The van der Waals surface area contributed by atoms with E-state index >= 15 is 0 Å². The first-order valence-corrected chi connectivity index (χ1v) is 10.4. The molecular weight excluding hydrogens is 378 g/mol. The van der Waals surface area contributed by atoms with Gasteiger partial charge in [-0.25, -0.2) is 9.78 Å². The number of nitrogens with one attached hydrogen (secondary N) is 1. The van der Waals surface area contributed by atoms with Crippen molar-refractivity contribution in [3.05, 3.63) is 85.8 Å². The number of aromatic amines is 1. The Morgan fingerprint density at radius 2 is 1.83 bits per heavy atom. The molecule has 0 atom stereocenters. The zero-order chi connectivity index (χ0) is 20.7. The molecule has 0 bridgehead atoms. The Kier molecular flexibility index (Phi) is 4.71. The van der Waals surface area contributed by atoms with Crippen LogP contribution in [0, 0.1) is 0 Å². The van der Waals surface area contributed by atoms with Gasteiger partial charge in [0, 0.05) is 18.0 Å². The molecule has 0 amide bonds. The average Bonchev–Trinajstić information content (AvgIpc) is 3.19. The number of aryl methyl sites for hydroxylation is 2. The Labute approximate surface area is 173 Å². The van der Waals surface area contributed by atoms with Crippen molar-refractivity contribution >= 4 is 21.9 Å². The van der Waals surface area contributed by atoms with Crippen LogP contribution in [0.1, 0.15) is 35.9 Å². The molecule has 1 aliphatic carbocycles. The highest BCUT2D eigenvalue weighted by Gasteiger charge is 2.17. The quantitative estimate of drug-likeness (QED) is 0.518. The highest BCUT2D eigenvalue weighted by molar-refractivity contribution is 5.82. The topological polar surface area (TPSA) is 79.2 Å². The number of para-hydroxylation sites is 1. The van der Waals surface area contributed by atoms with Gasteiger partial charge in [-0.1, -0.05) is 19.1 Å². The predicted molar refractivity (Wildman–Crippen MR) is 117 cm³/mol. The molecule has 2 heterocycles. The van der Waals surface area contributed by atoms with Crippen molar-refractivity contribution in [1.29, 1.82) is 0 Å². The third-order valence-electron chi connectivity index (χ3n) is 5.92. The summed E-state index contributed by atoms with van der Waals surface area (Å²) in [5.74, 6) is 0.619. The fraction of sp³-hybridized carbons (Fsp3) is 0.292. The normalized spacial score (nSPS) is 13.4. The molecule has 6 nitrogen and oxygen atoms in total. The van der Waals surface area contributed by atoms with Crippen LogP contribution in [0.25, 0.3) is 21.9 Å². The summed E-state index contributed by atoms with van der Waals surface area (Å²) < 4.78 is 5.49. The molecule has 0 spiro atoms. The molecule has 0 saturated carbocycles. The van der Waals surface area contributed by atoms with Gasteiger partial charge in [-0.15, -0.1) is 0 Å². The molecule has 0 saturated heterocycles. The van der Waals surface area contributed by atoms with E-state index in [-0.39, 0.29) is 11.2 Å². The van der Waals surface area contributed by atoms with E-state index in [0.29, 0.717) is 35.4 Å². The Morgan fingerprint density at radius 1 is 1.03 bits per heavy atom. The number of fused-ring (bicyclic) bond motifs is 3. The molecule has 2 aromatic carbocycles. The monoisotopic (exact) mass is 401 g/mol. The van der Waals surface area contributed by atoms with Gasteiger partial charge >= 0.3 is 5.63 Å². The number of aromatic nitrogens is 2. The summed E-state index contributed by atoms with van der Waals surface area (Å²) in [5.41, 5.74) is 4.46. The van der Waals surface area contributed by atoms with Gasteiger partial charge < -0.3 is 9.40 Å². The van der Waals surface area contributed by atoms with Gasteiger partial charge in [0.25, 0.3) is 5.56 Å². The minimum absolute atomic E-state index is 0.131. The van der Waals surface area contributed by atoms with Gasteiger partial charge in [0.1, 0.15) is 11.4 Å². The van der Waals surface area contributed by atoms with Crippen LogP contribution >= 0.6 is 0 Å². The van der Waals surface area contributed by atoms with Crippen LogP contribution in [-0.4, -0.2) is 21.4 Å². The van der Waals surface area contributed by atoms with E-state index in [1.165, 1.54) is 11.1 Å².